The van der Waals surface area contributed by atoms with Crippen molar-refractivity contribution in [2.45, 2.75) is 46.8 Å². The molecule has 104 valence electrons. The highest BCUT2D eigenvalue weighted by Crippen LogP contribution is 2.22. The number of rotatable bonds is 5. The van der Waals surface area contributed by atoms with Gasteiger partial charge in [-0.3, -0.25) is 0 Å². The van der Waals surface area contributed by atoms with Crippen LogP contribution in [0.5, 0.6) is 0 Å². The highest BCUT2D eigenvalue weighted by atomic mass is 32.1. The number of nitrogens with one attached hydrogen (secondary N) is 1. The lowest BCUT2D eigenvalue weighted by Gasteiger charge is -2.31. The number of thiazole rings is 1. The first-order chi connectivity index (χ1) is 8.95. The Bertz CT molecular complexity index is 496. The van der Waals surface area contributed by atoms with Crippen LogP contribution in [0.4, 0.5) is 0 Å². The van der Waals surface area contributed by atoms with E-state index >= 15 is 0 Å². The lowest BCUT2D eigenvalue weighted by atomic mass is 9.86. The second-order valence-corrected chi connectivity index (χ2v) is 7.22. The predicted molar refractivity (Wildman–Crippen MR) is 79.2 cm³/mol. The van der Waals surface area contributed by atoms with Gasteiger partial charge < -0.3 is 9.88 Å². The molecule has 0 amide bonds. The van der Waals surface area contributed by atoms with Crippen LogP contribution in [0.3, 0.4) is 0 Å². The zero-order valence-electron chi connectivity index (χ0n) is 12.1. The molecule has 0 saturated carbocycles. The Balaban J connectivity index is 1.98. The zero-order valence-corrected chi connectivity index (χ0v) is 12.9. The molecule has 0 spiro atoms. The number of hydrogen-bond acceptors (Lipinski definition) is 4. The standard InChI is InChI=1S/C14H22N4S/c1-11-16-7-12(19-11)8-17-13(14(2,3)4)9-18-6-5-15-10-18/h5-7,10,13,17H,8-9H2,1-4H3. The van der Waals surface area contributed by atoms with Crippen molar-refractivity contribution in [3.63, 3.8) is 0 Å². The van der Waals surface area contributed by atoms with E-state index in [9.17, 15) is 0 Å². The third-order valence-corrected chi connectivity index (χ3v) is 4.10. The van der Waals surface area contributed by atoms with Crippen LogP contribution in [0, 0.1) is 12.3 Å². The van der Waals surface area contributed by atoms with Crippen molar-refractivity contribution < 1.29 is 0 Å². The molecule has 1 atom stereocenters. The lowest BCUT2D eigenvalue weighted by molar-refractivity contribution is 0.240. The maximum atomic E-state index is 4.30. The summed E-state index contributed by atoms with van der Waals surface area (Å²) >= 11 is 1.76. The third-order valence-electron chi connectivity index (χ3n) is 3.19. The highest BCUT2D eigenvalue weighted by molar-refractivity contribution is 7.11. The molecule has 0 bridgehead atoms. The molecule has 2 aromatic rings. The second-order valence-electron chi connectivity index (χ2n) is 5.90. The Morgan fingerprint density at radius 1 is 1.42 bits per heavy atom. The van der Waals surface area contributed by atoms with E-state index in [-0.39, 0.29) is 5.41 Å². The van der Waals surface area contributed by atoms with E-state index in [1.807, 2.05) is 31.8 Å². The van der Waals surface area contributed by atoms with Gasteiger partial charge in [0.1, 0.15) is 0 Å². The first-order valence-corrected chi connectivity index (χ1v) is 7.37. The van der Waals surface area contributed by atoms with E-state index in [2.05, 4.69) is 40.6 Å². The van der Waals surface area contributed by atoms with Gasteiger partial charge in [0.15, 0.2) is 0 Å². The summed E-state index contributed by atoms with van der Waals surface area (Å²) in [6.45, 7) is 10.6. The maximum Gasteiger partial charge on any atom is 0.0946 e. The molecule has 0 radical (unpaired) electrons. The average molecular weight is 278 g/mol. The van der Waals surface area contributed by atoms with Crippen LogP contribution in [-0.4, -0.2) is 20.6 Å². The van der Waals surface area contributed by atoms with Crippen molar-refractivity contribution in [3.8, 4) is 0 Å². The normalized spacial score (nSPS) is 13.7. The van der Waals surface area contributed by atoms with Gasteiger partial charge in [-0.1, -0.05) is 20.8 Å². The summed E-state index contributed by atoms with van der Waals surface area (Å²) in [5.74, 6) is 0. The minimum absolute atomic E-state index is 0.198. The monoisotopic (exact) mass is 278 g/mol. The van der Waals surface area contributed by atoms with Crippen molar-refractivity contribution in [1.29, 1.82) is 0 Å². The zero-order chi connectivity index (χ0) is 13.9. The van der Waals surface area contributed by atoms with Crippen molar-refractivity contribution in [3.05, 3.63) is 34.8 Å². The molecule has 0 aliphatic rings. The topological polar surface area (TPSA) is 42.7 Å². The van der Waals surface area contributed by atoms with Gasteiger partial charge >= 0.3 is 0 Å². The van der Waals surface area contributed by atoms with Gasteiger partial charge in [-0.25, -0.2) is 9.97 Å². The van der Waals surface area contributed by atoms with Crippen molar-refractivity contribution in [2.24, 2.45) is 5.41 Å². The highest BCUT2D eigenvalue weighted by Gasteiger charge is 2.24. The maximum absolute atomic E-state index is 4.30. The number of nitrogens with zero attached hydrogens (tertiary/aromatic N) is 3. The van der Waals surface area contributed by atoms with Crippen LogP contribution < -0.4 is 5.32 Å². The summed E-state index contributed by atoms with van der Waals surface area (Å²) in [4.78, 5) is 9.69. The molecule has 4 nitrogen and oxygen atoms in total. The molecule has 0 aliphatic carbocycles. The number of imidazole rings is 1. The third kappa shape index (κ3) is 4.14. The molecule has 0 saturated heterocycles. The van der Waals surface area contributed by atoms with Gasteiger partial charge in [0.2, 0.25) is 0 Å². The summed E-state index contributed by atoms with van der Waals surface area (Å²) in [6.07, 6.45) is 7.67. The Hall–Kier alpha value is -1.20. The summed E-state index contributed by atoms with van der Waals surface area (Å²) < 4.78 is 2.13. The molecule has 2 aromatic heterocycles. The van der Waals surface area contributed by atoms with E-state index in [1.54, 1.807) is 11.3 Å². The van der Waals surface area contributed by atoms with Crippen LogP contribution in [0.25, 0.3) is 0 Å². The number of aromatic nitrogens is 3. The molecule has 2 rings (SSSR count). The van der Waals surface area contributed by atoms with E-state index < -0.39 is 0 Å². The van der Waals surface area contributed by atoms with Crippen molar-refractivity contribution >= 4 is 11.3 Å². The van der Waals surface area contributed by atoms with Crippen molar-refractivity contribution in [1.82, 2.24) is 19.9 Å². The number of hydrogen-bond donors (Lipinski definition) is 1. The summed E-state index contributed by atoms with van der Waals surface area (Å²) in [5, 5.41) is 4.77. The van der Waals surface area contributed by atoms with E-state index in [0.717, 1.165) is 18.1 Å². The Kier molecular flexibility index (Phi) is 4.37. The molecule has 1 N–H and O–H groups in total. The van der Waals surface area contributed by atoms with Crippen LogP contribution in [0.1, 0.15) is 30.7 Å². The smallest absolute Gasteiger partial charge is 0.0946 e. The second kappa shape index (κ2) is 5.84. The molecular weight excluding hydrogens is 256 g/mol. The molecule has 0 aliphatic heterocycles. The summed E-state index contributed by atoms with van der Waals surface area (Å²) in [7, 11) is 0. The molecule has 5 heteroatoms. The van der Waals surface area contributed by atoms with Gasteiger partial charge in [-0.05, 0) is 12.3 Å². The molecule has 1 unspecified atom stereocenters. The van der Waals surface area contributed by atoms with E-state index in [1.165, 1.54) is 4.88 Å². The molecule has 0 aromatic carbocycles. The largest absolute Gasteiger partial charge is 0.336 e. The van der Waals surface area contributed by atoms with Crippen LogP contribution in [-0.2, 0) is 13.1 Å². The minimum atomic E-state index is 0.198. The fraction of sp³-hybridized carbons (Fsp3) is 0.571. The van der Waals surface area contributed by atoms with Gasteiger partial charge in [-0.15, -0.1) is 11.3 Å². The molecular formula is C14H22N4S. The van der Waals surface area contributed by atoms with Gasteiger partial charge in [0.05, 0.1) is 11.3 Å². The SMILES string of the molecule is Cc1ncc(CNC(Cn2ccnc2)C(C)(C)C)s1. The fourth-order valence-corrected chi connectivity index (χ4v) is 2.71. The lowest BCUT2D eigenvalue weighted by Crippen LogP contribution is -2.42. The quantitative estimate of drug-likeness (QED) is 0.914. The Labute approximate surface area is 118 Å². The minimum Gasteiger partial charge on any atom is -0.336 e. The fourth-order valence-electron chi connectivity index (χ4n) is 1.96. The van der Waals surface area contributed by atoms with Gasteiger partial charge in [0.25, 0.3) is 0 Å². The molecule has 19 heavy (non-hydrogen) atoms. The number of aryl methyl sites for hydroxylation is 1. The van der Waals surface area contributed by atoms with Gasteiger partial charge in [-0.2, -0.15) is 0 Å². The van der Waals surface area contributed by atoms with Crippen LogP contribution >= 0.6 is 11.3 Å². The summed E-state index contributed by atoms with van der Waals surface area (Å²) in [5.41, 5.74) is 0.198. The average Bonchev–Trinajstić information content (AvgIpc) is 2.94. The van der Waals surface area contributed by atoms with E-state index in [4.69, 9.17) is 0 Å². The van der Waals surface area contributed by atoms with E-state index in [0.29, 0.717) is 6.04 Å². The van der Waals surface area contributed by atoms with Crippen molar-refractivity contribution in [2.75, 3.05) is 0 Å². The molecule has 2 heterocycles. The Morgan fingerprint density at radius 3 is 2.74 bits per heavy atom. The predicted octanol–water partition coefficient (Wildman–Crippen LogP) is 2.85. The Morgan fingerprint density at radius 2 is 2.21 bits per heavy atom. The van der Waals surface area contributed by atoms with Gasteiger partial charge in [0, 0.05) is 42.6 Å². The van der Waals surface area contributed by atoms with Crippen LogP contribution in [0.2, 0.25) is 0 Å². The molecule has 0 fully saturated rings. The summed E-state index contributed by atoms with van der Waals surface area (Å²) in [6, 6.07) is 0.393. The van der Waals surface area contributed by atoms with Crippen LogP contribution in [0.15, 0.2) is 24.9 Å². The first kappa shape index (κ1) is 14.2. The first-order valence-electron chi connectivity index (χ1n) is 6.55.